The van der Waals surface area contributed by atoms with E-state index in [1.807, 2.05) is 6.07 Å². The summed E-state index contributed by atoms with van der Waals surface area (Å²) in [6, 6.07) is 3.37. The van der Waals surface area contributed by atoms with Gasteiger partial charge in [0.05, 0.1) is 26.2 Å². The maximum absolute atomic E-state index is 13.1. The number of carbonyl (C=O) groups is 2. The molecule has 1 aromatic carbocycles. The molecule has 29 heavy (non-hydrogen) atoms. The van der Waals surface area contributed by atoms with E-state index >= 15 is 0 Å². The molecule has 0 aliphatic carbocycles. The number of hydrogen-bond donors (Lipinski definition) is 3. The van der Waals surface area contributed by atoms with Gasteiger partial charge in [0.25, 0.3) is 0 Å². The fraction of sp³-hybridized carbons (Fsp3) is 0.450. The van der Waals surface area contributed by atoms with E-state index in [0.29, 0.717) is 35.7 Å². The molecule has 1 aromatic heterocycles. The van der Waals surface area contributed by atoms with Crippen molar-refractivity contribution in [3.63, 3.8) is 0 Å². The first-order valence-electron chi connectivity index (χ1n) is 9.41. The standard InChI is InChI=1S/C20H26N4O5/c1-11(2)16(19(25)26)23-20(27)24-8-7-14-17(22-10-21-14)18(24)13-9-12(28-3)5-6-15(13)29-4/h5-6,9-11,16,18H,7-8H2,1-4H3,(H,21,22)(H,23,27)(H,25,26)/t16-,18-/m0/s1. The number of H-pyrrole nitrogens is 1. The van der Waals surface area contributed by atoms with E-state index in [-0.39, 0.29) is 5.92 Å². The van der Waals surface area contributed by atoms with Crippen molar-refractivity contribution in [2.24, 2.45) is 5.92 Å². The van der Waals surface area contributed by atoms with Gasteiger partial charge in [0, 0.05) is 24.2 Å². The molecule has 2 aromatic rings. The number of imidazole rings is 1. The molecule has 0 spiro atoms. The van der Waals surface area contributed by atoms with Gasteiger partial charge in [-0.1, -0.05) is 13.8 Å². The molecule has 2 amide bonds. The number of benzene rings is 1. The van der Waals surface area contributed by atoms with E-state index in [9.17, 15) is 14.7 Å². The van der Waals surface area contributed by atoms with Gasteiger partial charge >= 0.3 is 12.0 Å². The average Bonchev–Trinajstić information content (AvgIpc) is 3.18. The average molecular weight is 402 g/mol. The molecule has 9 heteroatoms. The SMILES string of the molecule is COc1ccc(OC)c([C@H]2c3nc[nH]c3CCN2C(=O)N[C@H](C(=O)O)C(C)C)c1. The van der Waals surface area contributed by atoms with Crippen LogP contribution >= 0.6 is 0 Å². The zero-order chi connectivity index (χ0) is 21.1. The van der Waals surface area contributed by atoms with Gasteiger partial charge in [-0.2, -0.15) is 0 Å². The second-order valence-corrected chi connectivity index (χ2v) is 7.23. The summed E-state index contributed by atoms with van der Waals surface area (Å²) in [7, 11) is 3.13. The van der Waals surface area contributed by atoms with Crippen molar-refractivity contribution >= 4 is 12.0 Å². The number of carboxylic acid groups (broad SMARTS) is 1. The monoisotopic (exact) mass is 402 g/mol. The minimum atomic E-state index is -1.07. The molecule has 0 fully saturated rings. The predicted molar refractivity (Wildman–Crippen MR) is 105 cm³/mol. The molecule has 0 radical (unpaired) electrons. The highest BCUT2D eigenvalue weighted by atomic mass is 16.5. The van der Waals surface area contributed by atoms with Crippen molar-refractivity contribution < 1.29 is 24.2 Å². The third-order valence-corrected chi connectivity index (χ3v) is 5.13. The van der Waals surface area contributed by atoms with Crippen LogP contribution in [0.15, 0.2) is 24.5 Å². The highest BCUT2D eigenvalue weighted by molar-refractivity contribution is 5.83. The molecule has 156 valence electrons. The molecule has 0 unspecified atom stereocenters. The van der Waals surface area contributed by atoms with Crippen LogP contribution in [0.5, 0.6) is 11.5 Å². The Morgan fingerprint density at radius 3 is 2.69 bits per heavy atom. The van der Waals surface area contributed by atoms with Crippen molar-refractivity contribution in [3.05, 3.63) is 41.5 Å². The summed E-state index contributed by atoms with van der Waals surface area (Å²) in [4.78, 5) is 33.9. The summed E-state index contributed by atoms with van der Waals surface area (Å²) in [6.07, 6.45) is 2.19. The largest absolute Gasteiger partial charge is 0.497 e. The lowest BCUT2D eigenvalue weighted by molar-refractivity contribution is -0.140. The highest BCUT2D eigenvalue weighted by Crippen LogP contribution is 2.39. The van der Waals surface area contributed by atoms with Gasteiger partial charge in [-0.05, 0) is 24.1 Å². The van der Waals surface area contributed by atoms with Crippen LogP contribution in [0.4, 0.5) is 4.79 Å². The first kappa shape index (κ1) is 20.5. The summed E-state index contributed by atoms with van der Waals surface area (Å²) in [5.41, 5.74) is 2.35. The molecule has 0 saturated heterocycles. The van der Waals surface area contributed by atoms with E-state index in [2.05, 4.69) is 15.3 Å². The highest BCUT2D eigenvalue weighted by Gasteiger charge is 2.37. The quantitative estimate of drug-likeness (QED) is 0.682. The molecule has 1 aliphatic rings. The molecule has 2 atom stereocenters. The maximum Gasteiger partial charge on any atom is 0.326 e. The van der Waals surface area contributed by atoms with Crippen molar-refractivity contribution in [2.45, 2.75) is 32.4 Å². The van der Waals surface area contributed by atoms with Gasteiger partial charge in [0.1, 0.15) is 23.6 Å². The van der Waals surface area contributed by atoms with E-state index in [1.165, 1.54) is 0 Å². The maximum atomic E-state index is 13.1. The number of hydrogen-bond acceptors (Lipinski definition) is 5. The van der Waals surface area contributed by atoms with Crippen LogP contribution in [0, 0.1) is 5.92 Å². The molecule has 1 aliphatic heterocycles. The second kappa shape index (κ2) is 8.42. The number of aliphatic carboxylic acids is 1. The summed E-state index contributed by atoms with van der Waals surface area (Å²) in [5.74, 6) is -0.120. The minimum Gasteiger partial charge on any atom is -0.497 e. The molecule has 2 heterocycles. The van der Waals surface area contributed by atoms with Gasteiger partial charge < -0.3 is 29.8 Å². The number of aromatic nitrogens is 2. The Bertz CT molecular complexity index is 895. The second-order valence-electron chi connectivity index (χ2n) is 7.23. The molecule has 0 saturated carbocycles. The summed E-state index contributed by atoms with van der Waals surface area (Å²) in [5, 5.41) is 12.1. The number of methoxy groups -OCH3 is 2. The minimum absolute atomic E-state index is 0.257. The number of amides is 2. The van der Waals surface area contributed by atoms with Crippen LogP contribution in [-0.4, -0.2) is 58.8 Å². The van der Waals surface area contributed by atoms with Crippen LogP contribution in [0.3, 0.4) is 0 Å². The van der Waals surface area contributed by atoms with Crippen molar-refractivity contribution in [2.75, 3.05) is 20.8 Å². The van der Waals surface area contributed by atoms with E-state index in [4.69, 9.17) is 9.47 Å². The number of urea groups is 1. The molecule has 3 N–H and O–H groups in total. The van der Waals surface area contributed by atoms with Crippen LogP contribution in [0.25, 0.3) is 0 Å². The lowest BCUT2D eigenvalue weighted by Gasteiger charge is -2.36. The van der Waals surface area contributed by atoms with Gasteiger partial charge in [-0.25, -0.2) is 14.6 Å². The van der Waals surface area contributed by atoms with Gasteiger partial charge in [-0.15, -0.1) is 0 Å². The molecule has 3 rings (SSSR count). The van der Waals surface area contributed by atoms with Gasteiger partial charge in [0.15, 0.2) is 0 Å². The van der Waals surface area contributed by atoms with Gasteiger partial charge in [0.2, 0.25) is 0 Å². The van der Waals surface area contributed by atoms with Crippen LogP contribution in [0.1, 0.15) is 36.8 Å². The Morgan fingerprint density at radius 1 is 1.31 bits per heavy atom. The Labute approximate surface area is 169 Å². The normalized spacial score (nSPS) is 16.9. The third kappa shape index (κ3) is 3.98. The smallest absolute Gasteiger partial charge is 0.326 e. The number of fused-ring (bicyclic) bond motifs is 1. The number of ether oxygens (including phenoxy) is 2. The summed E-state index contributed by atoms with van der Waals surface area (Å²) in [6.45, 7) is 3.91. The van der Waals surface area contributed by atoms with Gasteiger partial charge in [-0.3, -0.25) is 0 Å². The fourth-order valence-corrected chi connectivity index (χ4v) is 3.59. The number of rotatable bonds is 6. The van der Waals surface area contributed by atoms with E-state index in [0.717, 1.165) is 5.69 Å². The molecular formula is C20H26N4O5. The van der Waals surface area contributed by atoms with Crippen molar-refractivity contribution in [3.8, 4) is 11.5 Å². The Hall–Kier alpha value is -3.23. The van der Waals surface area contributed by atoms with Crippen LogP contribution in [-0.2, 0) is 11.2 Å². The number of carbonyl (C=O) groups excluding carboxylic acids is 1. The number of carboxylic acids is 1. The Kier molecular flexibility index (Phi) is 5.95. The first-order valence-corrected chi connectivity index (χ1v) is 9.41. The third-order valence-electron chi connectivity index (χ3n) is 5.13. The lowest BCUT2D eigenvalue weighted by Crippen LogP contribution is -2.52. The Morgan fingerprint density at radius 2 is 2.07 bits per heavy atom. The predicted octanol–water partition coefficient (Wildman–Crippen LogP) is 2.19. The first-order chi connectivity index (χ1) is 13.9. The molecule has 9 nitrogen and oxygen atoms in total. The molecule has 0 bridgehead atoms. The molecular weight excluding hydrogens is 376 g/mol. The van der Waals surface area contributed by atoms with Crippen molar-refractivity contribution in [1.29, 1.82) is 0 Å². The zero-order valence-corrected chi connectivity index (χ0v) is 16.9. The number of aromatic amines is 1. The van der Waals surface area contributed by atoms with Crippen LogP contribution in [0.2, 0.25) is 0 Å². The van der Waals surface area contributed by atoms with E-state index in [1.54, 1.807) is 51.4 Å². The fourth-order valence-electron chi connectivity index (χ4n) is 3.59. The zero-order valence-electron chi connectivity index (χ0n) is 16.9. The summed E-state index contributed by atoms with van der Waals surface area (Å²) < 4.78 is 10.9. The van der Waals surface area contributed by atoms with Crippen LogP contribution < -0.4 is 14.8 Å². The lowest BCUT2D eigenvalue weighted by atomic mass is 9.94. The Balaban J connectivity index is 2.04. The topological polar surface area (TPSA) is 117 Å². The number of nitrogens with zero attached hydrogens (tertiary/aromatic N) is 2. The number of nitrogens with one attached hydrogen (secondary N) is 2. The summed E-state index contributed by atoms with van der Waals surface area (Å²) >= 11 is 0. The van der Waals surface area contributed by atoms with Crippen molar-refractivity contribution in [1.82, 2.24) is 20.2 Å². The van der Waals surface area contributed by atoms with E-state index < -0.39 is 24.1 Å².